The Hall–Kier alpha value is -1.97. The molecule has 3 N–H and O–H groups in total. The summed E-state index contributed by atoms with van der Waals surface area (Å²) in [4.78, 5) is 2.30. The molecule has 4 nitrogen and oxygen atoms in total. The average molecular weight is 228 g/mol. The lowest BCUT2D eigenvalue weighted by molar-refractivity contribution is 0.775. The molecular weight excluding hydrogens is 212 g/mol. The van der Waals surface area contributed by atoms with Crippen molar-refractivity contribution in [3.05, 3.63) is 42.1 Å². The van der Waals surface area contributed by atoms with Crippen molar-refractivity contribution < 1.29 is 0 Å². The van der Waals surface area contributed by atoms with Crippen LogP contribution in [0, 0.1) is 0 Å². The number of nitrogens with zero attached hydrogens (tertiary/aromatic N) is 2. The number of benzene rings is 1. The first-order valence-electron chi connectivity index (χ1n) is 5.93. The molecule has 1 aromatic heterocycles. The molecule has 1 unspecified atom stereocenters. The van der Waals surface area contributed by atoms with Gasteiger partial charge < -0.3 is 10.6 Å². The van der Waals surface area contributed by atoms with Gasteiger partial charge in [-0.05, 0) is 12.0 Å². The standard InChI is InChI=1S/C13H16N4/c14-13-12(8-15-16-13)17-7-6-11(9-17)10-4-2-1-3-5-10/h1-5,8,11H,6-7,9H2,(H3,14,15,16). The third kappa shape index (κ3) is 1.86. The Bertz CT molecular complexity index is 491. The van der Waals surface area contributed by atoms with E-state index >= 15 is 0 Å². The maximum Gasteiger partial charge on any atom is 0.142 e. The summed E-state index contributed by atoms with van der Waals surface area (Å²) in [6.45, 7) is 2.07. The number of nitrogen functional groups attached to an aromatic ring is 1. The maximum absolute atomic E-state index is 5.84. The van der Waals surface area contributed by atoms with Crippen molar-refractivity contribution in [2.75, 3.05) is 23.7 Å². The Morgan fingerprint density at radius 3 is 2.82 bits per heavy atom. The molecule has 0 aliphatic carbocycles. The van der Waals surface area contributed by atoms with Crippen LogP contribution in [0.2, 0.25) is 0 Å². The molecule has 0 radical (unpaired) electrons. The van der Waals surface area contributed by atoms with Gasteiger partial charge in [0.15, 0.2) is 0 Å². The second kappa shape index (κ2) is 4.13. The average Bonchev–Trinajstić information content (AvgIpc) is 2.98. The van der Waals surface area contributed by atoms with Gasteiger partial charge in [-0.25, -0.2) is 0 Å². The molecule has 3 rings (SSSR count). The summed E-state index contributed by atoms with van der Waals surface area (Å²) in [5.41, 5.74) is 8.29. The fraction of sp³-hybridized carbons (Fsp3) is 0.308. The van der Waals surface area contributed by atoms with Gasteiger partial charge in [-0.3, -0.25) is 5.10 Å². The van der Waals surface area contributed by atoms with Crippen molar-refractivity contribution in [3.8, 4) is 0 Å². The molecule has 0 amide bonds. The van der Waals surface area contributed by atoms with E-state index in [0.717, 1.165) is 18.8 Å². The predicted molar refractivity (Wildman–Crippen MR) is 69.0 cm³/mol. The molecule has 1 atom stereocenters. The van der Waals surface area contributed by atoms with Crippen molar-refractivity contribution in [1.82, 2.24) is 10.2 Å². The molecular formula is C13H16N4. The second-order valence-electron chi connectivity index (χ2n) is 4.51. The normalized spacial score (nSPS) is 19.8. The second-order valence-corrected chi connectivity index (χ2v) is 4.51. The molecule has 1 saturated heterocycles. The minimum absolute atomic E-state index is 0.602. The van der Waals surface area contributed by atoms with Crippen molar-refractivity contribution in [3.63, 3.8) is 0 Å². The van der Waals surface area contributed by atoms with Crippen LogP contribution in [-0.4, -0.2) is 23.3 Å². The molecule has 2 heterocycles. The van der Waals surface area contributed by atoms with Crippen molar-refractivity contribution in [2.45, 2.75) is 12.3 Å². The van der Waals surface area contributed by atoms with Gasteiger partial charge in [-0.1, -0.05) is 30.3 Å². The largest absolute Gasteiger partial charge is 0.382 e. The number of hydrogen-bond donors (Lipinski definition) is 2. The van der Waals surface area contributed by atoms with Crippen LogP contribution >= 0.6 is 0 Å². The third-order valence-corrected chi connectivity index (χ3v) is 3.45. The number of anilines is 2. The molecule has 4 heteroatoms. The molecule has 1 aliphatic heterocycles. The number of aromatic amines is 1. The number of nitrogens with one attached hydrogen (secondary N) is 1. The molecule has 1 aliphatic rings. The van der Waals surface area contributed by atoms with Gasteiger partial charge in [0.25, 0.3) is 0 Å². The molecule has 1 fully saturated rings. The van der Waals surface area contributed by atoms with Gasteiger partial charge in [0, 0.05) is 19.0 Å². The van der Waals surface area contributed by atoms with Crippen LogP contribution in [0.3, 0.4) is 0 Å². The number of nitrogens with two attached hydrogens (primary N) is 1. The highest BCUT2D eigenvalue weighted by Gasteiger charge is 2.25. The summed E-state index contributed by atoms with van der Waals surface area (Å²) in [6, 6.07) is 10.7. The van der Waals surface area contributed by atoms with Crippen LogP contribution in [-0.2, 0) is 0 Å². The predicted octanol–water partition coefficient (Wildman–Crippen LogP) is 1.99. The van der Waals surface area contributed by atoms with Gasteiger partial charge in [0.1, 0.15) is 5.82 Å². The van der Waals surface area contributed by atoms with E-state index in [2.05, 4.69) is 45.4 Å². The van der Waals surface area contributed by atoms with Gasteiger partial charge >= 0.3 is 0 Å². The lowest BCUT2D eigenvalue weighted by Gasteiger charge is -2.17. The number of hydrogen-bond acceptors (Lipinski definition) is 3. The Balaban J connectivity index is 1.77. The van der Waals surface area contributed by atoms with E-state index in [9.17, 15) is 0 Å². The van der Waals surface area contributed by atoms with Gasteiger partial charge in [-0.2, -0.15) is 5.10 Å². The summed E-state index contributed by atoms with van der Waals surface area (Å²) in [7, 11) is 0. The summed E-state index contributed by atoms with van der Waals surface area (Å²) in [5, 5.41) is 6.76. The monoisotopic (exact) mass is 228 g/mol. The van der Waals surface area contributed by atoms with Crippen LogP contribution < -0.4 is 10.6 Å². The van der Waals surface area contributed by atoms with Gasteiger partial charge in [0.2, 0.25) is 0 Å². The highest BCUT2D eigenvalue weighted by Crippen LogP contribution is 2.32. The topological polar surface area (TPSA) is 57.9 Å². The summed E-state index contributed by atoms with van der Waals surface area (Å²) >= 11 is 0. The van der Waals surface area contributed by atoms with Crippen LogP contribution in [0.25, 0.3) is 0 Å². The molecule has 17 heavy (non-hydrogen) atoms. The Labute approximate surface area is 100 Å². The van der Waals surface area contributed by atoms with Gasteiger partial charge in [0.05, 0.1) is 11.9 Å². The maximum atomic E-state index is 5.84. The van der Waals surface area contributed by atoms with Crippen molar-refractivity contribution in [1.29, 1.82) is 0 Å². The number of H-pyrrole nitrogens is 1. The highest BCUT2D eigenvalue weighted by atomic mass is 15.2. The zero-order chi connectivity index (χ0) is 11.7. The minimum Gasteiger partial charge on any atom is -0.382 e. The summed E-state index contributed by atoms with van der Waals surface area (Å²) in [6.07, 6.45) is 2.98. The van der Waals surface area contributed by atoms with E-state index in [1.807, 2.05) is 6.20 Å². The lowest BCUT2D eigenvalue weighted by Crippen LogP contribution is -2.19. The molecule has 1 aromatic carbocycles. The fourth-order valence-electron chi connectivity index (χ4n) is 2.52. The number of rotatable bonds is 2. The van der Waals surface area contributed by atoms with E-state index in [0.29, 0.717) is 11.7 Å². The summed E-state index contributed by atoms with van der Waals surface area (Å²) < 4.78 is 0. The van der Waals surface area contributed by atoms with Crippen LogP contribution in [0.1, 0.15) is 17.9 Å². The quantitative estimate of drug-likeness (QED) is 0.826. The minimum atomic E-state index is 0.602. The van der Waals surface area contributed by atoms with Crippen LogP contribution in [0.5, 0.6) is 0 Å². The van der Waals surface area contributed by atoms with Gasteiger partial charge in [-0.15, -0.1) is 0 Å². The van der Waals surface area contributed by atoms with Crippen LogP contribution in [0.4, 0.5) is 11.5 Å². The SMILES string of the molecule is Nc1[nH]ncc1N1CCC(c2ccccc2)C1. The smallest absolute Gasteiger partial charge is 0.142 e. The van der Waals surface area contributed by atoms with Crippen LogP contribution in [0.15, 0.2) is 36.5 Å². The first-order chi connectivity index (χ1) is 8.34. The fourth-order valence-corrected chi connectivity index (χ4v) is 2.52. The molecule has 2 aromatic rings. The summed E-state index contributed by atoms with van der Waals surface area (Å²) in [5.74, 6) is 1.27. The van der Waals surface area contributed by atoms with E-state index in [1.54, 1.807) is 0 Å². The molecule has 0 spiro atoms. The molecule has 88 valence electrons. The van der Waals surface area contributed by atoms with E-state index in [-0.39, 0.29) is 0 Å². The Morgan fingerprint density at radius 1 is 1.29 bits per heavy atom. The first kappa shape index (κ1) is 10.2. The van der Waals surface area contributed by atoms with Crippen molar-refractivity contribution in [2.24, 2.45) is 0 Å². The molecule has 0 bridgehead atoms. The Kier molecular flexibility index (Phi) is 2.48. The zero-order valence-electron chi connectivity index (χ0n) is 9.63. The third-order valence-electron chi connectivity index (χ3n) is 3.45. The lowest BCUT2D eigenvalue weighted by atomic mass is 9.99. The van der Waals surface area contributed by atoms with E-state index in [1.165, 1.54) is 12.0 Å². The highest BCUT2D eigenvalue weighted by molar-refractivity contribution is 5.62. The van der Waals surface area contributed by atoms with E-state index in [4.69, 9.17) is 5.73 Å². The zero-order valence-corrected chi connectivity index (χ0v) is 9.63. The molecule has 0 saturated carbocycles. The van der Waals surface area contributed by atoms with Crippen molar-refractivity contribution >= 4 is 11.5 Å². The number of aromatic nitrogens is 2. The first-order valence-corrected chi connectivity index (χ1v) is 5.93. The Morgan fingerprint density at radius 2 is 2.12 bits per heavy atom. The van der Waals surface area contributed by atoms with E-state index < -0.39 is 0 Å².